The molecule has 0 bridgehead atoms. The summed E-state index contributed by atoms with van der Waals surface area (Å²) in [4.78, 5) is 14.1. The fourth-order valence-corrected chi connectivity index (χ4v) is 2.94. The highest BCUT2D eigenvalue weighted by Crippen LogP contribution is 2.37. The molecule has 0 spiro atoms. The van der Waals surface area contributed by atoms with Crippen molar-refractivity contribution in [2.24, 2.45) is 0 Å². The van der Waals surface area contributed by atoms with E-state index >= 15 is 0 Å². The fourth-order valence-electron chi connectivity index (χ4n) is 2.59. The van der Waals surface area contributed by atoms with Gasteiger partial charge in [-0.2, -0.15) is 0 Å². The Morgan fingerprint density at radius 1 is 1.10 bits per heavy atom. The van der Waals surface area contributed by atoms with Gasteiger partial charge >= 0.3 is 0 Å². The summed E-state index contributed by atoms with van der Waals surface area (Å²) in [6.07, 6.45) is 0. The van der Waals surface area contributed by atoms with E-state index in [1.165, 1.54) is 0 Å². The minimum atomic E-state index is 0.0561. The zero-order valence-electron chi connectivity index (χ0n) is 11.4. The van der Waals surface area contributed by atoms with Gasteiger partial charge in [0.2, 0.25) is 0 Å². The number of fused-ring (bicyclic) bond motifs is 1. The van der Waals surface area contributed by atoms with E-state index in [0.717, 1.165) is 32.7 Å². The molecule has 0 saturated carbocycles. The maximum absolute atomic E-state index is 12.3. The molecule has 1 amide bonds. The van der Waals surface area contributed by atoms with E-state index in [4.69, 9.17) is 0 Å². The molecule has 102 valence electrons. The lowest BCUT2D eigenvalue weighted by Crippen LogP contribution is -2.36. The third-order valence-corrected chi connectivity index (χ3v) is 3.84. The van der Waals surface area contributed by atoms with E-state index in [2.05, 4.69) is 27.3 Å². The van der Waals surface area contributed by atoms with Gasteiger partial charge in [-0.1, -0.05) is 22.0 Å². The number of benzene rings is 2. The Kier molecular flexibility index (Phi) is 3.26. The Morgan fingerprint density at radius 2 is 1.80 bits per heavy atom. The second-order valence-corrected chi connectivity index (χ2v) is 6.01. The largest absolute Gasteiger partial charge is 0.374 e. The number of rotatable bonds is 1. The van der Waals surface area contributed by atoms with Crippen LogP contribution in [-0.2, 0) is 4.79 Å². The number of hydrogen-bond donors (Lipinski definition) is 1. The van der Waals surface area contributed by atoms with Crippen molar-refractivity contribution in [3.63, 3.8) is 0 Å². The SMILES string of the molecule is Cc1cc(C)cc(N2C(=O)CNc3ccc(Br)cc32)c1. The van der Waals surface area contributed by atoms with Crippen molar-refractivity contribution >= 4 is 38.9 Å². The number of nitrogens with one attached hydrogen (secondary N) is 1. The molecule has 1 aliphatic rings. The monoisotopic (exact) mass is 330 g/mol. The van der Waals surface area contributed by atoms with Crippen molar-refractivity contribution < 1.29 is 4.79 Å². The van der Waals surface area contributed by atoms with E-state index in [-0.39, 0.29) is 5.91 Å². The molecule has 0 saturated heterocycles. The molecule has 0 atom stereocenters. The molecular formula is C16H15BrN2O. The number of nitrogens with zero attached hydrogens (tertiary/aromatic N) is 1. The average molecular weight is 331 g/mol. The van der Waals surface area contributed by atoms with Crippen LogP contribution in [0.5, 0.6) is 0 Å². The van der Waals surface area contributed by atoms with Gasteiger partial charge in [0.15, 0.2) is 0 Å². The summed E-state index contributed by atoms with van der Waals surface area (Å²) >= 11 is 3.47. The highest BCUT2D eigenvalue weighted by atomic mass is 79.9. The maximum Gasteiger partial charge on any atom is 0.250 e. The summed E-state index contributed by atoms with van der Waals surface area (Å²) in [6, 6.07) is 12.1. The molecule has 0 unspecified atom stereocenters. The summed E-state index contributed by atoms with van der Waals surface area (Å²) in [6.45, 7) is 4.41. The van der Waals surface area contributed by atoms with Gasteiger partial charge in [-0.25, -0.2) is 0 Å². The Hall–Kier alpha value is -1.81. The normalized spacial score (nSPS) is 13.9. The van der Waals surface area contributed by atoms with Gasteiger partial charge < -0.3 is 5.32 Å². The zero-order valence-corrected chi connectivity index (χ0v) is 13.0. The van der Waals surface area contributed by atoms with Gasteiger partial charge in [0.25, 0.3) is 5.91 Å². The third-order valence-electron chi connectivity index (χ3n) is 3.34. The quantitative estimate of drug-likeness (QED) is 0.851. The summed E-state index contributed by atoms with van der Waals surface area (Å²) in [7, 11) is 0. The second kappa shape index (κ2) is 4.94. The minimum Gasteiger partial charge on any atom is -0.374 e. The first kappa shape index (κ1) is 13.2. The topological polar surface area (TPSA) is 32.3 Å². The molecule has 1 heterocycles. The van der Waals surface area contributed by atoms with Gasteiger partial charge in [-0.05, 0) is 55.3 Å². The smallest absolute Gasteiger partial charge is 0.250 e. The van der Waals surface area contributed by atoms with Crippen LogP contribution >= 0.6 is 15.9 Å². The molecule has 1 N–H and O–H groups in total. The lowest BCUT2D eigenvalue weighted by Gasteiger charge is -2.31. The highest BCUT2D eigenvalue weighted by Gasteiger charge is 2.25. The Morgan fingerprint density at radius 3 is 2.50 bits per heavy atom. The van der Waals surface area contributed by atoms with Crippen molar-refractivity contribution in [2.45, 2.75) is 13.8 Å². The first-order valence-corrected chi connectivity index (χ1v) is 7.28. The van der Waals surface area contributed by atoms with E-state index in [1.54, 1.807) is 4.90 Å². The minimum absolute atomic E-state index is 0.0561. The Balaban J connectivity index is 2.17. The lowest BCUT2D eigenvalue weighted by atomic mass is 10.1. The molecule has 3 nitrogen and oxygen atoms in total. The standard InChI is InChI=1S/C16H15BrN2O/c1-10-5-11(2)7-13(6-10)19-15-8-12(17)3-4-14(15)18-9-16(19)20/h3-8,18H,9H2,1-2H3. The van der Waals surface area contributed by atoms with Crippen molar-refractivity contribution in [3.05, 3.63) is 52.0 Å². The van der Waals surface area contributed by atoms with Crippen LogP contribution in [0.2, 0.25) is 0 Å². The number of hydrogen-bond acceptors (Lipinski definition) is 2. The predicted molar refractivity (Wildman–Crippen MR) is 85.7 cm³/mol. The number of anilines is 3. The lowest BCUT2D eigenvalue weighted by molar-refractivity contribution is -0.116. The van der Waals surface area contributed by atoms with Crippen molar-refractivity contribution in [1.82, 2.24) is 0 Å². The maximum atomic E-state index is 12.3. The number of aryl methyl sites for hydroxylation is 2. The highest BCUT2D eigenvalue weighted by molar-refractivity contribution is 9.10. The van der Waals surface area contributed by atoms with Crippen LogP contribution in [0.1, 0.15) is 11.1 Å². The van der Waals surface area contributed by atoms with Crippen molar-refractivity contribution in [1.29, 1.82) is 0 Å². The number of carbonyl (C=O) groups is 1. The molecule has 1 aliphatic heterocycles. The molecular weight excluding hydrogens is 316 g/mol. The summed E-state index contributed by atoms with van der Waals surface area (Å²) in [5, 5.41) is 3.16. The number of amides is 1. The van der Waals surface area contributed by atoms with Crippen LogP contribution in [0.15, 0.2) is 40.9 Å². The van der Waals surface area contributed by atoms with Crippen LogP contribution in [0.3, 0.4) is 0 Å². The molecule has 0 aliphatic carbocycles. The number of carbonyl (C=O) groups excluding carboxylic acids is 1. The van der Waals surface area contributed by atoms with Crippen LogP contribution in [0.4, 0.5) is 17.1 Å². The average Bonchev–Trinajstić information content (AvgIpc) is 2.37. The molecule has 3 rings (SSSR count). The van der Waals surface area contributed by atoms with Crippen LogP contribution in [0.25, 0.3) is 0 Å². The van der Waals surface area contributed by atoms with Gasteiger partial charge in [0.05, 0.1) is 17.9 Å². The molecule has 20 heavy (non-hydrogen) atoms. The van der Waals surface area contributed by atoms with Crippen LogP contribution < -0.4 is 10.2 Å². The summed E-state index contributed by atoms with van der Waals surface area (Å²) in [5.41, 5.74) is 5.10. The Labute approximate surface area is 126 Å². The van der Waals surface area contributed by atoms with Crippen molar-refractivity contribution in [3.8, 4) is 0 Å². The van der Waals surface area contributed by atoms with E-state index in [0.29, 0.717) is 6.54 Å². The predicted octanol–water partition coefficient (Wildman–Crippen LogP) is 4.16. The molecule has 0 radical (unpaired) electrons. The van der Waals surface area contributed by atoms with Gasteiger partial charge in [0.1, 0.15) is 0 Å². The van der Waals surface area contributed by atoms with E-state index in [1.807, 2.05) is 44.2 Å². The van der Waals surface area contributed by atoms with E-state index in [9.17, 15) is 4.79 Å². The van der Waals surface area contributed by atoms with Crippen molar-refractivity contribution in [2.75, 3.05) is 16.8 Å². The molecule has 0 aromatic heterocycles. The van der Waals surface area contributed by atoms with Crippen LogP contribution in [-0.4, -0.2) is 12.5 Å². The molecule has 2 aromatic rings. The number of halogens is 1. The van der Waals surface area contributed by atoms with Gasteiger partial charge in [0, 0.05) is 10.2 Å². The van der Waals surface area contributed by atoms with Crippen LogP contribution in [0, 0.1) is 13.8 Å². The Bertz CT molecular complexity index is 677. The summed E-state index contributed by atoms with van der Waals surface area (Å²) < 4.78 is 0.960. The molecule has 2 aromatic carbocycles. The second-order valence-electron chi connectivity index (χ2n) is 5.09. The first-order chi connectivity index (χ1) is 9.54. The third kappa shape index (κ3) is 2.31. The fraction of sp³-hybridized carbons (Fsp3) is 0.188. The zero-order chi connectivity index (χ0) is 14.3. The molecule has 4 heteroatoms. The molecule has 0 fully saturated rings. The van der Waals surface area contributed by atoms with Gasteiger partial charge in [-0.3, -0.25) is 9.69 Å². The van der Waals surface area contributed by atoms with E-state index < -0.39 is 0 Å². The summed E-state index contributed by atoms with van der Waals surface area (Å²) in [5.74, 6) is 0.0561. The first-order valence-electron chi connectivity index (χ1n) is 6.49. The van der Waals surface area contributed by atoms with Gasteiger partial charge in [-0.15, -0.1) is 0 Å².